The highest BCUT2D eigenvalue weighted by Crippen LogP contribution is 2.28. The highest BCUT2D eigenvalue weighted by molar-refractivity contribution is 7.90. The Morgan fingerprint density at radius 2 is 2.32 bits per heavy atom. The van der Waals surface area contributed by atoms with Crippen LogP contribution in [0.2, 0.25) is 0 Å². The molecule has 2 rings (SSSR count). The van der Waals surface area contributed by atoms with Crippen LogP contribution in [0.4, 0.5) is 0 Å². The molecule has 0 spiro atoms. The molecule has 19 heavy (non-hydrogen) atoms. The maximum Gasteiger partial charge on any atom is 0.175 e. The monoisotopic (exact) mass is 284 g/mol. The smallest absolute Gasteiger partial charge is 0.175 e. The van der Waals surface area contributed by atoms with Crippen LogP contribution in [0.5, 0.6) is 0 Å². The van der Waals surface area contributed by atoms with Crippen LogP contribution in [0, 0.1) is 0 Å². The molecule has 4 heteroatoms. The highest BCUT2D eigenvalue weighted by Gasteiger charge is 2.21. The van der Waals surface area contributed by atoms with E-state index in [-0.39, 0.29) is 10.8 Å². The van der Waals surface area contributed by atoms with Crippen molar-refractivity contribution in [2.45, 2.75) is 37.0 Å². The zero-order valence-electron chi connectivity index (χ0n) is 14.3. The van der Waals surface area contributed by atoms with Gasteiger partial charge in [-0.25, -0.2) is 8.42 Å². The van der Waals surface area contributed by atoms with Gasteiger partial charge in [-0.3, -0.25) is 0 Å². The second kappa shape index (κ2) is 6.06. The summed E-state index contributed by atoms with van der Waals surface area (Å²) in [5.74, 6) is 0.270. The second-order valence-electron chi connectivity index (χ2n) is 5.22. The van der Waals surface area contributed by atoms with Crippen molar-refractivity contribution in [1.29, 1.82) is 0 Å². The van der Waals surface area contributed by atoms with E-state index in [1.165, 1.54) is 6.07 Å². The molecule has 106 valence electrons. The number of benzene rings is 1. The Labute approximate surface area is 120 Å². The first-order valence-electron chi connectivity index (χ1n) is 8.32. The van der Waals surface area contributed by atoms with Crippen molar-refractivity contribution in [3.63, 3.8) is 0 Å². The summed E-state index contributed by atoms with van der Waals surface area (Å²) >= 11 is 0. The lowest BCUT2D eigenvalue weighted by molar-refractivity contribution is 0.208. The number of piperidine rings is 1. The first-order valence-corrected chi connectivity index (χ1v) is 8.31. The van der Waals surface area contributed by atoms with Crippen LogP contribution in [0.3, 0.4) is 0 Å². The van der Waals surface area contributed by atoms with Gasteiger partial charge in [0.1, 0.15) is 0 Å². The predicted molar refractivity (Wildman–Crippen MR) is 78.3 cm³/mol. The van der Waals surface area contributed by atoms with Crippen LogP contribution in [0.1, 0.15) is 41.8 Å². The van der Waals surface area contributed by atoms with Gasteiger partial charge in [-0.05, 0) is 56.0 Å². The third-order valence-corrected chi connectivity index (χ3v) is 4.56. The molecule has 1 aliphatic heterocycles. The van der Waals surface area contributed by atoms with E-state index in [2.05, 4.69) is 11.8 Å². The van der Waals surface area contributed by atoms with Gasteiger partial charge in [-0.2, -0.15) is 0 Å². The third-order valence-electron chi connectivity index (χ3n) is 3.69. The van der Waals surface area contributed by atoms with E-state index >= 15 is 0 Å². The molecular formula is C15H23NO2S. The Balaban J connectivity index is 2.25. The molecule has 0 N–H and O–H groups in total. The normalized spacial score (nSPS) is 24.5. The summed E-state index contributed by atoms with van der Waals surface area (Å²) in [6.45, 7) is 5.18. The number of sulfone groups is 1. The Bertz CT molecular complexity index is 611. The molecule has 1 heterocycles. The summed E-state index contributed by atoms with van der Waals surface area (Å²) in [4.78, 5) is 2.29. The van der Waals surface area contributed by atoms with Crippen molar-refractivity contribution in [3.05, 3.63) is 29.8 Å². The van der Waals surface area contributed by atoms with Gasteiger partial charge in [-0.15, -0.1) is 0 Å². The Morgan fingerprint density at radius 3 is 3.05 bits per heavy atom. The van der Waals surface area contributed by atoms with Crippen LogP contribution in [-0.4, -0.2) is 39.1 Å². The van der Waals surface area contributed by atoms with Crippen LogP contribution < -0.4 is 0 Å². The molecule has 1 aromatic carbocycles. The van der Waals surface area contributed by atoms with Gasteiger partial charge < -0.3 is 4.90 Å². The first kappa shape index (κ1) is 10.9. The number of hydrogen-bond donors (Lipinski definition) is 0. The lowest BCUT2D eigenvalue weighted by Gasteiger charge is -2.32. The molecule has 1 atom stereocenters. The second-order valence-corrected chi connectivity index (χ2v) is 6.69. The molecule has 1 fully saturated rings. The van der Waals surface area contributed by atoms with Crippen molar-refractivity contribution in [2.24, 2.45) is 0 Å². The largest absolute Gasteiger partial charge is 0.303 e. The Hall–Kier alpha value is -0.870. The zero-order chi connectivity index (χ0) is 16.4. The lowest BCUT2D eigenvalue weighted by atomic mass is 9.90. The van der Waals surface area contributed by atoms with Crippen LogP contribution in [0.15, 0.2) is 29.2 Å². The van der Waals surface area contributed by atoms with Gasteiger partial charge in [0, 0.05) is 16.8 Å². The van der Waals surface area contributed by atoms with Crippen LogP contribution in [-0.2, 0) is 9.84 Å². The fourth-order valence-corrected chi connectivity index (χ4v) is 3.33. The first-order chi connectivity index (χ1) is 10.3. The third kappa shape index (κ3) is 3.80. The fraction of sp³-hybridized carbons (Fsp3) is 0.600. The zero-order valence-corrected chi connectivity index (χ0v) is 12.1. The van der Waals surface area contributed by atoms with E-state index in [0.717, 1.165) is 44.5 Å². The van der Waals surface area contributed by atoms with Crippen molar-refractivity contribution in [1.82, 2.24) is 4.90 Å². The molecule has 1 aliphatic rings. The minimum atomic E-state index is -4.27. The van der Waals surface area contributed by atoms with Gasteiger partial charge in [0.05, 0.1) is 4.90 Å². The van der Waals surface area contributed by atoms with E-state index in [1.54, 1.807) is 12.1 Å². The van der Waals surface area contributed by atoms with E-state index in [4.69, 9.17) is 4.11 Å². The average molecular weight is 284 g/mol. The maximum atomic E-state index is 12.1. The summed E-state index contributed by atoms with van der Waals surface area (Å²) in [6.07, 6.45) is 0.186. The summed E-state index contributed by atoms with van der Waals surface area (Å²) < 4.78 is 45.8. The molecular weight excluding hydrogens is 258 g/mol. The van der Waals surface area contributed by atoms with E-state index in [9.17, 15) is 8.42 Å². The molecule has 0 bridgehead atoms. The Morgan fingerprint density at radius 1 is 1.47 bits per heavy atom. The molecule has 0 amide bonds. The van der Waals surface area contributed by atoms with Gasteiger partial charge in [-0.1, -0.05) is 19.1 Å². The minimum Gasteiger partial charge on any atom is -0.303 e. The molecule has 0 aliphatic carbocycles. The van der Waals surface area contributed by atoms with Crippen molar-refractivity contribution >= 4 is 9.84 Å². The SMILES string of the molecule is [2H]C([2H])([2H])S(=O)(=O)c1cccc([C@H]2CCCN(CCC)C2)c1. The molecule has 1 aromatic rings. The number of likely N-dealkylation sites (tertiary alicyclic amines) is 1. The van der Waals surface area contributed by atoms with Gasteiger partial charge in [0.15, 0.2) is 9.84 Å². The van der Waals surface area contributed by atoms with E-state index in [0.29, 0.717) is 0 Å². The quantitative estimate of drug-likeness (QED) is 0.853. The molecule has 0 saturated carbocycles. The van der Waals surface area contributed by atoms with E-state index in [1.807, 2.05) is 6.07 Å². The van der Waals surface area contributed by atoms with Gasteiger partial charge in [0.2, 0.25) is 0 Å². The highest BCUT2D eigenvalue weighted by atomic mass is 32.2. The van der Waals surface area contributed by atoms with Crippen molar-refractivity contribution in [3.8, 4) is 0 Å². The summed E-state index contributed by atoms with van der Waals surface area (Å²) in [5.41, 5.74) is 0.922. The van der Waals surface area contributed by atoms with Crippen LogP contribution >= 0.6 is 0 Å². The van der Waals surface area contributed by atoms with Gasteiger partial charge in [0.25, 0.3) is 0 Å². The standard InChI is InChI=1S/C15H23NO2S/c1-3-9-16-10-5-7-14(12-16)13-6-4-8-15(11-13)19(2,17)18/h4,6,8,11,14H,3,5,7,9-10,12H2,1-2H3/t14-/m0/s1/i2D3. The molecule has 0 unspecified atom stereocenters. The fourth-order valence-electron chi connectivity index (χ4n) is 2.78. The average Bonchev–Trinajstić information content (AvgIpc) is 2.47. The molecule has 1 saturated heterocycles. The number of hydrogen-bond acceptors (Lipinski definition) is 3. The lowest BCUT2D eigenvalue weighted by Crippen LogP contribution is -2.34. The number of nitrogens with zero attached hydrogens (tertiary/aromatic N) is 1. The summed E-state index contributed by atoms with van der Waals surface area (Å²) in [6, 6.07) is 6.46. The summed E-state index contributed by atoms with van der Waals surface area (Å²) in [5, 5.41) is 0. The van der Waals surface area contributed by atoms with Crippen molar-refractivity contribution < 1.29 is 12.5 Å². The topological polar surface area (TPSA) is 37.4 Å². The molecule has 3 nitrogen and oxygen atoms in total. The van der Waals surface area contributed by atoms with Gasteiger partial charge >= 0.3 is 0 Å². The van der Waals surface area contributed by atoms with Crippen LogP contribution in [0.25, 0.3) is 0 Å². The molecule has 0 aromatic heterocycles. The van der Waals surface area contributed by atoms with E-state index < -0.39 is 16.0 Å². The summed E-state index contributed by atoms with van der Waals surface area (Å²) in [7, 11) is -4.27. The van der Waals surface area contributed by atoms with Crippen molar-refractivity contribution in [2.75, 3.05) is 25.8 Å². The predicted octanol–water partition coefficient (Wildman–Crippen LogP) is 2.68. The number of rotatable bonds is 4. The molecule has 0 radical (unpaired) electrons. The Kier molecular flexibility index (Phi) is 3.46. The minimum absolute atomic E-state index is 0.0994. The maximum absolute atomic E-state index is 12.1.